The Morgan fingerprint density at radius 2 is 1.45 bits per heavy atom. The van der Waals surface area contributed by atoms with Crippen molar-refractivity contribution in [3.05, 3.63) is 66.1 Å². The minimum absolute atomic E-state index is 0.764. The minimum atomic E-state index is 0.764. The summed E-state index contributed by atoms with van der Waals surface area (Å²) in [5.41, 5.74) is 5.19. The Bertz CT molecular complexity index is 722. The Morgan fingerprint density at radius 1 is 0.750 bits per heavy atom. The normalized spacial score (nSPS) is 10.5. The summed E-state index contributed by atoms with van der Waals surface area (Å²) in [6.07, 6.45) is 3.57. The van der Waals surface area contributed by atoms with Crippen molar-refractivity contribution in [3.8, 4) is 22.6 Å². The Kier molecular flexibility index (Phi) is 3.25. The highest BCUT2D eigenvalue weighted by molar-refractivity contribution is 5.67. The van der Waals surface area contributed by atoms with Crippen molar-refractivity contribution in [1.82, 2.24) is 15.0 Å². The van der Waals surface area contributed by atoms with Gasteiger partial charge in [0.25, 0.3) is 0 Å². The highest BCUT2D eigenvalue weighted by Gasteiger charge is 2.11. The lowest BCUT2D eigenvalue weighted by Crippen LogP contribution is -1.99. The zero-order valence-corrected chi connectivity index (χ0v) is 11.5. The van der Waals surface area contributed by atoms with Crippen molar-refractivity contribution in [2.75, 3.05) is 0 Å². The van der Waals surface area contributed by atoms with Gasteiger partial charge in [0.1, 0.15) is 0 Å². The molecule has 0 aliphatic carbocycles. The lowest BCUT2D eigenvalue weighted by Gasteiger charge is -2.10. The van der Waals surface area contributed by atoms with E-state index in [2.05, 4.69) is 16.9 Å². The molecule has 0 N–H and O–H groups in total. The van der Waals surface area contributed by atoms with Crippen LogP contribution in [0.5, 0.6) is 0 Å². The van der Waals surface area contributed by atoms with Crippen LogP contribution in [0, 0.1) is 13.8 Å². The number of aromatic nitrogens is 3. The first-order valence-electron chi connectivity index (χ1n) is 6.57. The van der Waals surface area contributed by atoms with Gasteiger partial charge in [-0.15, -0.1) is 0 Å². The number of hydrogen-bond acceptors (Lipinski definition) is 3. The van der Waals surface area contributed by atoms with E-state index in [9.17, 15) is 0 Å². The molecule has 0 fully saturated rings. The van der Waals surface area contributed by atoms with Gasteiger partial charge in [-0.3, -0.25) is 4.98 Å². The molecule has 3 rings (SSSR count). The molecule has 0 atom stereocenters. The van der Waals surface area contributed by atoms with E-state index in [0.717, 1.165) is 33.9 Å². The van der Waals surface area contributed by atoms with Crippen LogP contribution in [0.4, 0.5) is 0 Å². The fourth-order valence-corrected chi connectivity index (χ4v) is 2.14. The van der Waals surface area contributed by atoms with Gasteiger partial charge in [0.2, 0.25) is 0 Å². The van der Waals surface area contributed by atoms with Gasteiger partial charge in [-0.25, -0.2) is 9.97 Å². The second kappa shape index (κ2) is 5.21. The fraction of sp³-hybridized carbons (Fsp3) is 0.118. The average molecular weight is 261 g/mol. The molecule has 0 unspecified atom stereocenters. The van der Waals surface area contributed by atoms with E-state index in [4.69, 9.17) is 4.98 Å². The summed E-state index contributed by atoms with van der Waals surface area (Å²) in [5, 5.41) is 0. The molecule has 0 radical (unpaired) electrons. The molecule has 0 bridgehead atoms. The van der Waals surface area contributed by atoms with Crippen LogP contribution in [0.2, 0.25) is 0 Å². The second-order valence-corrected chi connectivity index (χ2v) is 4.71. The van der Waals surface area contributed by atoms with Crippen molar-refractivity contribution in [2.45, 2.75) is 13.8 Å². The van der Waals surface area contributed by atoms with E-state index >= 15 is 0 Å². The molecule has 0 aliphatic rings. The van der Waals surface area contributed by atoms with Crippen LogP contribution < -0.4 is 0 Å². The molecule has 0 saturated heterocycles. The second-order valence-electron chi connectivity index (χ2n) is 4.71. The largest absolute Gasteiger partial charge is 0.265 e. The standard InChI is InChI=1S/C17H15N3/c1-12-13(2)19-17(15-6-4-3-5-7-15)20-16(12)14-8-10-18-11-9-14/h3-11H,1-2H3. The van der Waals surface area contributed by atoms with Crippen LogP contribution in [0.1, 0.15) is 11.3 Å². The Morgan fingerprint density at radius 3 is 2.15 bits per heavy atom. The van der Waals surface area contributed by atoms with Gasteiger partial charge in [0, 0.05) is 29.2 Å². The predicted octanol–water partition coefficient (Wildman–Crippen LogP) is 3.82. The average Bonchev–Trinajstić information content (AvgIpc) is 2.51. The molecule has 3 aromatic rings. The predicted molar refractivity (Wildman–Crippen MR) is 80.2 cm³/mol. The summed E-state index contributed by atoms with van der Waals surface area (Å²) in [6.45, 7) is 4.08. The summed E-state index contributed by atoms with van der Waals surface area (Å²) < 4.78 is 0. The summed E-state index contributed by atoms with van der Waals surface area (Å²) in [7, 11) is 0. The molecule has 2 heterocycles. The number of aryl methyl sites for hydroxylation is 1. The summed E-state index contributed by atoms with van der Waals surface area (Å²) in [5.74, 6) is 0.764. The third kappa shape index (κ3) is 2.30. The molecule has 0 spiro atoms. The molecule has 20 heavy (non-hydrogen) atoms. The third-order valence-electron chi connectivity index (χ3n) is 3.37. The van der Waals surface area contributed by atoms with E-state index in [1.54, 1.807) is 12.4 Å². The fourth-order valence-electron chi connectivity index (χ4n) is 2.14. The smallest absolute Gasteiger partial charge is 0.160 e. The lowest BCUT2D eigenvalue weighted by atomic mass is 10.1. The molecule has 0 saturated carbocycles. The van der Waals surface area contributed by atoms with Gasteiger partial charge in [-0.2, -0.15) is 0 Å². The van der Waals surface area contributed by atoms with E-state index in [1.807, 2.05) is 49.4 Å². The molecule has 0 aliphatic heterocycles. The number of rotatable bonds is 2. The van der Waals surface area contributed by atoms with Crippen LogP contribution in [-0.2, 0) is 0 Å². The minimum Gasteiger partial charge on any atom is -0.265 e. The SMILES string of the molecule is Cc1nc(-c2ccccc2)nc(-c2ccncc2)c1C. The molecule has 0 amide bonds. The van der Waals surface area contributed by atoms with Crippen molar-refractivity contribution < 1.29 is 0 Å². The topological polar surface area (TPSA) is 38.7 Å². The summed E-state index contributed by atoms with van der Waals surface area (Å²) in [6, 6.07) is 14.0. The molecule has 3 nitrogen and oxygen atoms in total. The maximum atomic E-state index is 4.73. The zero-order valence-electron chi connectivity index (χ0n) is 11.5. The van der Waals surface area contributed by atoms with Crippen LogP contribution in [0.15, 0.2) is 54.9 Å². The zero-order chi connectivity index (χ0) is 13.9. The first-order chi connectivity index (χ1) is 9.75. The third-order valence-corrected chi connectivity index (χ3v) is 3.37. The van der Waals surface area contributed by atoms with E-state index in [0.29, 0.717) is 0 Å². The molecule has 98 valence electrons. The number of benzene rings is 1. The van der Waals surface area contributed by atoms with Crippen LogP contribution in [0.3, 0.4) is 0 Å². The first kappa shape index (κ1) is 12.5. The van der Waals surface area contributed by atoms with Gasteiger partial charge >= 0.3 is 0 Å². The van der Waals surface area contributed by atoms with Crippen LogP contribution in [0.25, 0.3) is 22.6 Å². The van der Waals surface area contributed by atoms with E-state index < -0.39 is 0 Å². The van der Waals surface area contributed by atoms with Gasteiger partial charge < -0.3 is 0 Å². The summed E-state index contributed by atoms with van der Waals surface area (Å²) >= 11 is 0. The number of hydrogen-bond donors (Lipinski definition) is 0. The monoisotopic (exact) mass is 261 g/mol. The Hall–Kier alpha value is -2.55. The quantitative estimate of drug-likeness (QED) is 0.704. The van der Waals surface area contributed by atoms with Crippen molar-refractivity contribution in [1.29, 1.82) is 0 Å². The molecule has 1 aromatic carbocycles. The van der Waals surface area contributed by atoms with Crippen molar-refractivity contribution >= 4 is 0 Å². The van der Waals surface area contributed by atoms with E-state index in [1.165, 1.54) is 0 Å². The Labute approximate surface area is 118 Å². The lowest BCUT2D eigenvalue weighted by molar-refractivity contribution is 1.07. The maximum absolute atomic E-state index is 4.73. The maximum Gasteiger partial charge on any atom is 0.160 e. The molecule has 3 heteroatoms. The van der Waals surface area contributed by atoms with Gasteiger partial charge in [0.15, 0.2) is 5.82 Å². The van der Waals surface area contributed by atoms with Crippen LogP contribution >= 0.6 is 0 Å². The molecular formula is C17H15N3. The van der Waals surface area contributed by atoms with Gasteiger partial charge in [0.05, 0.1) is 5.69 Å². The highest BCUT2D eigenvalue weighted by atomic mass is 14.9. The Balaban J connectivity index is 2.19. The first-order valence-corrected chi connectivity index (χ1v) is 6.57. The number of pyridine rings is 1. The van der Waals surface area contributed by atoms with Crippen molar-refractivity contribution in [3.63, 3.8) is 0 Å². The van der Waals surface area contributed by atoms with Gasteiger partial charge in [-0.05, 0) is 31.5 Å². The number of nitrogens with zero attached hydrogens (tertiary/aromatic N) is 3. The molecular weight excluding hydrogens is 246 g/mol. The highest BCUT2D eigenvalue weighted by Crippen LogP contribution is 2.25. The van der Waals surface area contributed by atoms with Gasteiger partial charge in [-0.1, -0.05) is 30.3 Å². The summed E-state index contributed by atoms with van der Waals surface area (Å²) in [4.78, 5) is 13.4. The van der Waals surface area contributed by atoms with Crippen LogP contribution in [-0.4, -0.2) is 15.0 Å². The van der Waals surface area contributed by atoms with E-state index in [-0.39, 0.29) is 0 Å². The molecule has 2 aromatic heterocycles. The van der Waals surface area contributed by atoms with Crippen molar-refractivity contribution in [2.24, 2.45) is 0 Å².